The first kappa shape index (κ1) is 30.2. The number of halogens is 1. The van der Waals surface area contributed by atoms with Crippen molar-refractivity contribution in [1.29, 1.82) is 0 Å². The molecule has 1 aliphatic rings. The lowest BCUT2D eigenvalue weighted by Crippen LogP contribution is -2.47. The predicted molar refractivity (Wildman–Crippen MR) is 171 cm³/mol. The molecule has 0 atom stereocenters. The third kappa shape index (κ3) is 7.78. The maximum absolute atomic E-state index is 14.2. The lowest BCUT2D eigenvalue weighted by molar-refractivity contribution is -0.140. The summed E-state index contributed by atoms with van der Waals surface area (Å²) in [5.41, 5.74) is 3.35. The fourth-order valence-corrected chi connectivity index (χ4v) is 6.86. The number of hydrogen-bond donors (Lipinski definition) is 0. The van der Waals surface area contributed by atoms with E-state index in [0.29, 0.717) is 6.42 Å². The average molecular weight is 592 g/mol. The quantitative estimate of drug-likeness (QED) is 0.117. The van der Waals surface area contributed by atoms with E-state index in [1.807, 2.05) is 16.0 Å². The van der Waals surface area contributed by atoms with E-state index in [4.69, 9.17) is 0 Å². The van der Waals surface area contributed by atoms with Crippen molar-refractivity contribution in [2.45, 2.75) is 64.3 Å². The smallest absolute Gasteiger partial charge is 0.305 e. The molecule has 1 aliphatic heterocycles. The minimum absolute atomic E-state index is 0.0654. The molecular formula is C34H42FN3O3S. The number of nitrogens with zero attached hydrogens (tertiary/aromatic N) is 3. The highest BCUT2D eigenvalue weighted by atomic mass is 32.1. The zero-order valence-corrected chi connectivity index (χ0v) is 25.5. The van der Waals surface area contributed by atoms with E-state index in [0.717, 1.165) is 117 Å². The Labute approximate surface area is 251 Å². The van der Waals surface area contributed by atoms with Crippen LogP contribution in [0.4, 0.5) is 10.1 Å². The fraction of sp³-hybridized carbons (Fsp3) is 0.471. The molecule has 0 spiro atoms. The van der Waals surface area contributed by atoms with Crippen LogP contribution in [-0.4, -0.2) is 55.3 Å². The van der Waals surface area contributed by atoms with Crippen LogP contribution in [0.15, 0.2) is 58.7 Å². The van der Waals surface area contributed by atoms with Gasteiger partial charge in [0.05, 0.1) is 12.6 Å². The number of aromatic nitrogens is 1. The lowest BCUT2D eigenvalue weighted by Gasteiger charge is -2.36. The first-order valence-corrected chi connectivity index (χ1v) is 16.2. The van der Waals surface area contributed by atoms with Crippen molar-refractivity contribution < 1.29 is 13.9 Å². The Kier molecular flexibility index (Phi) is 10.6. The first-order chi connectivity index (χ1) is 20.5. The molecule has 8 heteroatoms. The van der Waals surface area contributed by atoms with E-state index in [-0.39, 0.29) is 17.3 Å². The SMILES string of the molecule is COC(=O)CCCCCCCCCn1c(=O)ccc2ccc(CCN3CCN(c4cc(F)cc5sccc45)CC3)cc21. The second-order valence-electron chi connectivity index (χ2n) is 11.4. The maximum Gasteiger partial charge on any atom is 0.305 e. The van der Waals surface area contributed by atoms with Crippen molar-refractivity contribution in [3.8, 4) is 0 Å². The Hall–Kier alpha value is -3.23. The highest BCUT2D eigenvalue weighted by molar-refractivity contribution is 7.17. The van der Waals surface area contributed by atoms with Crippen molar-refractivity contribution in [3.63, 3.8) is 0 Å². The van der Waals surface area contributed by atoms with E-state index >= 15 is 0 Å². The van der Waals surface area contributed by atoms with Crippen LogP contribution in [0.25, 0.3) is 21.0 Å². The third-order valence-electron chi connectivity index (χ3n) is 8.49. The van der Waals surface area contributed by atoms with E-state index in [9.17, 15) is 14.0 Å². The van der Waals surface area contributed by atoms with Gasteiger partial charge in [-0.2, -0.15) is 0 Å². The molecule has 0 radical (unpaired) electrons. The van der Waals surface area contributed by atoms with E-state index in [2.05, 4.69) is 38.8 Å². The fourth-order valence-electron chi connectivity index (χ4n) is 6.03. The number of fused-ring (bicyclic) bond motifs is 2. The van der Waals surface area contributed by atoms with Gasteiger partial charge in [-0.3, -0.25) is 14.5 Å². The Morgan fingerprint density at radius 2 is 1.62 bits per heavy atom. The number of benzene rings is 2. The molecule has 6 nitrogen and oxygen atoms in total. The molecule has 0 unspecified atom stereocenters. The number of aryl methyl sites for hydroxylation is 1. The van der Waals surface area contributed by atoms with Crippen LogP contribution in [0.2, 0.25) is 0 Å². The second-order valence-corrected chi connectivity index (χ2v) is 12.3. The molecule has 0 bridgehead atoms. The summed E-state index contributed by atoms with van der Waals surface area (Å²) in [6.07, 6.45) is 8.91. The molecule has 0 amide bonds. The van der Waals surface area contributed by atoms with Gasteiger partial charge in [0, 0.05) is 67.5 Å². The van der Waals surface area contributed by atoms with Crippen molar-refractivity contribution in [2.24, 2.45) is 0 Å². The normalized spacial score (nSPS) is 14.2. The van der Waals surface area contributed by atoms with Crippen LogP contribution in [0.3, 0.4) is 0 Å². The number of piperazine rings is 1. The standard InChI is InChI=1S/C34H42FN3O3S/c1-41-34(40)9-7-5-3-2-4-6-8-16-38-30-23-26(10-11-27(30)12-13-33(38)39)14-17-36-18-20-37(21-19-36)31-24-28(35)25-32-29(31)15-22-42-32/h10-13,15,22-25H,2-9,14,16-21H2,1H3. The monoisotopic (exact) mass is 591 g/mol. The van der Waals surface area contributed by atoms with Crippen LogP contribution in [0, 0.1) is 5.82 Å². The minimum atomic E-state index is -0.166. The van der Waals surface area contributed by atoms with Crippen molar-refractivity contribution in [3.05, 3.63) is 75.6 Å². The first-order valence-electron chi connectivity index (χ1n) is 15.4. The number of rotatable bonds is 14. The van der Waals surface area contributed by atoms with Crippen LogP contribution in [-0.2, 0) is 22.5 Å². The van der Waals surface area contributed by atoms with Gasteiger partial charge in [0.1, 0.15) is 5.82 Å². The van der Waals surface area contributed by atoms with E-state index in [1.54, 1.807) is 29.5 Å². The summed E-state index contributed by atoms with van der Waals surface area (Å²) < 4.78 is 21.8. The summed E-state index contributed by atoms with van der Waals surface area (Å²) in [6.45, 7) is 5.38. The number of unbranched alkanes of at least 4 members (excludes halogenated alkanes) is 6. The van der Waals surface area contributed by atoms with Gasteiger partial charge in [0.2, 0.25) is 0 Å². The number of carbonyl (C=O) groups is 1. The summed E-state index contributed by atoms with van der Waals surface area (Å²) >= 11 is 1.59. The molecule has 224 valence electrons. The number of esters is 1. The lowest BCUT2D eigenvalue weighted by atomic mass is 10.1. The van der Waals surface area contributed by atoms with E-state index in [1.165, 1.54) is 12.7 Å². The summed E-state index contributed by atoms with van der Waals surface area (Å²) in [4.78, 5) is 28.8. The molecular weight excluding hydrogens is 549 g/mol. The number of anilines is 1. The maximum atomic E-state index is 14.2. The molecule has 2 aromatic carbocycles. The average Bonchev–Trinajstić information content (AvgIpc) is 3.48. The Morgan fingerprint density at radius 1 is 0.881 bits per heavy atom. The molecule has 4 aromatic rings. The Balaban J connectivity index is 1.10. The van der Waals surface area contributed by atoms with Gasteiger partial charge in [-0.25, -0.2) is 4.39 Å². The summed E-state index contributed by atoms with van der Waals surface area (Å²) in [7, 11) is 1.44. The number of hydrogen-bond acceptors (Lipinski definition) is 6. The van der Waals surface area contributed by atoms with Gasteiger partial charge in [-0.15, -0.1) is 11.3 Å². The summed E-state index contributed by atoms with van der Waals surface area (Å²) in [5, 5.41) is 4.28. The second kappa shape index (κ2) is 14.8. The number of carbonyl (C=O) groups excluding carboxylic acids is 1. The number of pyridine rings is 1. The molecule has 0 N–H and O–H groups in total. The minimum Gasteiger partial charge on any atom is -0.469 e. The molecule has 0 aliphatic carbocycles. The van der Waals surface area contributed by atoms with Gasteiger partial charge in [0.25, 0.3) is 5.56 Å². The molecule has 0 saturated carbocycles. The van der Waals surface area contributed by atoms with Crippen molar-refractivity contribution in [2.75, 3.05) is 44.7 Å². The van der Waals surface area contributed by atoms with Crippen LogP contribution >= 0.6 is 11.3 Å². The van der Waals surface area contributed by atoms with E-state index < -0.39 is 0 Å². The molecule has 1 saturated heterocycles. The highest BCUT2D eigenvalue weighted by Crippen LogP contribution is 2.32. The topological polar surface area (TPSA) is 54.8 Å². The molecule has 5 rings (SSSR count). The largest absolute Gasteiger partial charge is 0.469 e. The summed E-state index contributed by atoms with van der Waals surface area (Å²) in [5.74, 6) is -0.291. The molecule has 3 heterocycles. The number of methoxy groups -OCH3 is 1. The van der Waals surface area contributed by atoms with Crippen molar-refractivity contribution in [1.82, 2.24) is 9.47 Å². The molecule has 42 heavy (non-hydrogen) atoms. The van der Waals surface area contributed by atoms with Crippen LogP contribution in [0.5, 0.6) is 0 Å². The van der Waals surface area contributed by atoms with Crippen LogP contribution in [0.1, 0.15) is 56.9 Å². The Bertz CT molecular complexity index is 1540. The zero-order chi connectivity index (χ0) is 29.3. The number of ether oxygens (including phenoxy) is 1. The highest BCUT2D eigenvalue weighted by Gasteiger charge is 2.20. The zero-order valence-electron chi connectivity index (χ0n) is 24.7. The van der Waals surface area contributed by atoms with Gasteiger partial charge in [0.15, 0.2) is 0 Å². The summed E-state index contributed by atoms with van der Waals surface area (Å²) in [6, 6.07) is 15.6. The van der Waals surface area contributed by atoms with Gasteiger partial charge >= 0.3 is 5.97 Å². The third-order valence-corrected chi connectivity index (χ3v) is 9.36. The number of thiophene rings is 1. The van der Waals surface area contributed by atoms with Gasteiger partial charge in [-0.05, 0) is 65.9 Å². The van der Waals surface area contributed by atoms with Crippen LogP contribution < -0.4 is 10.5 Å². The molecule has 1 fully saturated rings. The van der Waals surface area contributed by atoms with Crippen molar-refractivity contribution >= 4 is 44.0 Å². The van der Waals surface area contributed by atoms with Gasteiger partial charge < -0.3 is 14.2 Å². The Morgan fingerprint density at radius 3 is 2.40 bits per heavy atom. The molecule has 2 aromatic heterocycles. The van der Waals surface area contributed by atoms with Gasteiger partial charge in [-0.1, -0.05) is 44.2 Å². The predicted octanol–water partition coefficient (Wildman–Crippen LogP) is 7.01.